The summed E-state index contributed by atoms with van der Waals surface area (Å²) < 4.78 is 4.71. The lowest BCUT2D eigenvalue weighted by Crippen LogP contribution is -2.48. The number of rotatable bonds is 1. The first kappa shape index (κ1) is 8.05. The zero-order valence-electron chi connectivity index (χ0n) is 7.43. The van der Waals surface area contributed by atoms with Crippen LogP contribution in [-0.4, -0.2) is 24.7 Å². The van der Waals surface area contributed by atoms with Crippen molar-refractivity contribution >= 4 is 5.97 Å². The topological polar surface area (TPSA) is 38.3 Å². The van der Waals surface area contributed by atoms with E-state index in [-0.39, 0.29) is 12.0 Å². The van der Waals surface area contributed by atoms with Crippen LogP contribution in [-0.2, 0) is 9.53 Å². The Morgan fingerprint density at radius 2 is 2.25 bits per heavy atom. The number of hydrogen-bond acceptors (Lipinski definition) is 3. The van der Waals surface area contributed by atoms with E-state index >= 15 is 0 Å². The van der Waals surface area contributed by atoms with Crippen molar-refractivity contribution < 1.29 is 9.53 Å². The molecule has 0 radical (unpaired) electrons. The summed E-state index contributed by atoms with van der Waals surface area (Å²) in [5.74, 6) is -0.0963. The van der Waals surface area contributed by atoms with Gasteiger partial charge in [0.1, 0.15) is 6.04 Å². The summed E-state index contributed by atoms with van der Waals surface area (Å²) in [6.07, 6.45) is 5.81. The molecule has 0 aromatic carbocycles. The number of methoxy groups -OCH3 is 1. The molecule has 1 spiro atoms. The van der Waals surface area contributed by atoms with Gasteiger partial charge in [0.25, 0.3) is 0 Å². The van der Waals surface area contributed by atoms with Crippen molar-refractivity contribution in [2.24, 2.45) is 0 Å². The molecule has 1 aliphatic carbocycles. The van der Waals surface area contributed by atoms with E-state index in [1.807, 2.05) is 0 Å². The predicted molar refractivity (Wildman–Crippen MR) is 44.8 cm³/mol. The van der Waals surface area contributed by atoms with E-state index in [4.69, 9.17) is 4.74 Å². The summed E-state index contributed by atoms with van der Waals surface area (Å²) in [4.78, 5) is 11.2. The molecular weight excluding hydrogens is 154 g/mol. The Kier molecular flexibility index (Phi) is 1.83. The third-order valence-electron chi connectivity index (χ3n) is 2.97. The lowest BCUT2D eigenvalue weighted by atomic mass is 9.97. The van der Waals surface area contributed by atoms with E-state index in [0.717, 1.165) is 12.8 Å². The van der Waals surface area contributed by atoms with Gasteiger partial charge in [0, 0.05) is 5.54 Å². The fourth-order valence-electron chi connectivity index (χ4n) is 2.02. The first-order chi connectivity index (χ1) is 5.76. The normalized spacial score (nSPS) is 31.6. The largest absolute Gasteiger partial charge is 0.468 e. The molecule has 12 heavy (non-hydrogen) atoms. The molecule has 1 aliphatic heterocycles. The van der Waals surface area contributed by atoms with Crippen LogP contribution < -0.4 is 5.32 Å². The Morgan fingerprint density at radius 1 is 1.50 bits per heavy atom. The number of nitrogens with one attached hydrogen (secondary N) is 1. The van der Waals surface area contributed by atoms with E-state index in [0.29, 0.717) is 5.54 Å². The van der Waals surface area contributed by atoms with E-state index in [9.17, 15) is 4.79 Å². The van der Waals surface area contributed by atoms with Crippen molar-refractivity contribution in [1.82, 2.24) is 5.32 Å². The van der Waals surface area contributed by atoms with E-state index in [1.54, 1.807) is 0 Å². The van der Waals surface area contributed by atoms with E-state index in [1.165, 1.54) is 26.4 Å². The molecule has 0 bridgehead atoms. The van der Waals surface area contributed by atoms with Gasteiger partial charge < -0.3 is 4.74 Å². The first-order valence-corrected chi connectivity index (χ1v) is 4.61. The average molecular weight is 169 g/mol. The first-order valence-electron chi connectivity index (χ1n) is 4.61. The lowest BCUT2D eigenvalue weighted by Gasteiger charge is -2.29. The molecule has 1 saturated heterocycles. The van der Waals surface area contributed by atoms with Gasteiger partial charge in [-0.3, -0.25) is 10.1 Å². The third kappa shape index (κ3) is 1.33. The van der Waals surface area contributed by atoms with Gasteiger partial charge in [0.05, 0.1) is 7.11 Å². The Bertz CT molecular complexity index is 199. The monoisotopic (exact) mass is 169 g/mol. The van der Waals surface area contributed by atoms with Gasteiger partial charge in [0.15, 0.2) is 0 Å². The van der Waals surface area contributed by atoms with Gasteiger partial charge in [-0.15, -0.1) is 0 Å². The Morgan fingerprint density at radius 3 is 2.83 bits per heavy atom. The summed E-state index contributed by atoms with van der Waals surface area (Å²) >= 11 is 0. The van der Waals surface area contributed by atoms with Gasteiger partial charge in [0.2, 0.25) is 0 Å². The van der Waals surface area contributed by atoms with Crippen molar-refractivity contribution in [3.8, 4) is 0 Å². The summed E-state index contributed by atoms with van der Waals surface area (Å²) in [6, 6.07) is -0.0359. The van der Waals surface area contributed by atoms with Gasteiger partial charge in [-0.25, -0.2) is 0 Å². The Labute approximate surface area is 72.5 Å². The maximum absolute atomic E-state index is 11.2. The van der Waals surface area contributed by atoms with Gasteiger partial charge >= 0.3 is 5.97 Å². The molecule has 1 N–H and O–H groups in total. The van der Waals surface area contributed by atoms with Crippen LogP contribution in [0.25, 0.3) is 0 Å². The lowest BCUT2D eigenvalue weighted by molar-refractivity contribution is -0.144. The fraction of sp³-hybridized carbons (Fsp3) is 0.889. The van der Waals surface area contributed by atoms with Crippen LogP contribution in [0, 0.1) is 0 Å². The number of esters is 1. The average Bonchev–Trinajstić information content (AvgIpc) is 2.84. The highest BCUT2D eigenvalue weighted by atomic mass is 16.5. The molecule has 0 aromatic rings. The van der Waals surface area contributed by atoms with Gasteiger partial charge in [-0.2, -0.15) is 0 Å². The minimum atomic E-state index is -0.0963. The molecule has 0 aromatic heterocycles. The van der Waals surface area contributed by atoms with Crippen molar-refractivity contribution in [3.05, 3.63) is 0 Å². The number of piperidine rings is 1. The number of hydrogen-bond donors (Lipinski definition) is 1. The zero-order chi connectivity index (χ0) is 8.60. The molecule has 3 heteroatoms. The highest BCUT2D eigenvalue weighted by molar-refractivity contribution is 5.76. The van der Waals surface area contributed by atoms with E-state index in [2.05, 4.69) is 5.32 Å². The summed E-state index contributed by atoms with van der Waals surface area (Å²) in [5.41, 5.74) is 0.330. The van der Waals surface area contributed by atoms with Crippen molar-refractivity contribution in [1.29, 1.82) is 0 Å². The molecule has 1 saturated carbocycles. The highest BCUT2D eigenvalue weighted by Gasteiger charge is 2.47. The Hall–Kier alpha value is -0.570. The van der Waals surface area contributed by atoms with Crippen LogP contribution in [0.1, 0.15) is 32.1 Å². The predicted octanol–water partition coefficient (Wildman–Crippen LogP) is 0.834. The number of ether oxygens (including phenoxy) is 1. The zero-order valence-corrected chi connectivity index (χ0v) is 7.43. The molecule has 2 rings (SSSR count). The molecule has 2 fully saturated rings. The smallest absolute Gasteiger partial charge is 0.322 e. The molecule has 1 unspecified atom stereocenters. The molecule has 3 nitrogen and oxygen atoms in total. The van der Waals surface area contributed by atoms with Crippen molar-refractivity contribution in [2.45, 2.75) is 43.7 Å². The minimum Gasteiger partial charge on any atom is -0.468 e. The van der Waals surface area contributed by atoms with Crippen LogP contribution in [0.15, 0.2) is 0 Å². The molecular formula is C9H15NO2. The summed E-state index contributed by atoms with van der Waals surface area (Å²) in [5, 5.41) is 3.38. The molecule has 2 aliphatic rings. The molecule has 1 heterocycles. The SMILES string of the molecule is COC(=O)C1CCCC2(CC2)N1. The van der Waals surface area contributed by atoms with Crippen LogP contribution >= 0.6 is 0 Å². The quantitative estimate of drug-likeness (QED) is 0.591. The molecule has 1 atom stereocenters. The second-order valence-electron chi connectivity index (χ2n) is 3.89. The third-order valence-corrected chi connectivity index (χ3v) is 2.97. The molecule has 0 amide bonds. The maximum Gasteiger partial charge on any atom is 0.322 e. The van der Waals surface area contributed by atoms with Gasteiger partial charge in [-0.05, 0) is 32.1 Å². The number of carbonyl (C=O) groups excluding carboxylic acids is 1. The standard InChI is InChI=1S/C9H15NO2/c1-12-8(11)7-3-2-4-9(10-7)5-6-9/h7,10H,2-6H2,1H3. The second-order valence-corrected chi connectivity index (χ2v) is 3.89. The maximum atomic E-state index is 11.2. The van der Waals surface area contributed by atoms with Crippen LogP contribution in [0.3, 0.4) is 0 Å². The van der Waals surface area contributed by atoms with Crippen LogP contribution in [0.2, 0.25) is 0 Å². The Balaban J connectivity index is 1.94. The van der Waals surface area contributed by atoms with E-state index < -0.39 is 0 Å². The highest BCUT2D eigenvalue weighted by Crippen LogP contribution is 2.43. The fourth-order valence-corrected chi connectivity index (χ4v) is 2.02. The minimum absolute atomic E-state index is 0.0359. The van der Waals surface area contributed by atoms with Crippen molar-refractivity contribution in [2.75, 3.05) is 7.11 Å². The van der Waals surface area contributed by atoms with Crippen LogP contribution in [0.5, 0.6) is 0 Å². The van der Waals surface area contributed by atoms with Crippen LogP contribution in [0.4, 0.5) is 0 Å². The molecule has 68 valence electrons. The summed E-state index contributed by atoms with van der Waals surface area (Å²) in [7, 11) is 1.46. The van der Waals surface area contributed by atoms with Crippen molar-refractivity contribution in [3.63, 3.8) is 0 Å². The van der Waals surface area contributed by atoms with Gasteiger partial charge in [-0.1, -0.05) is 0 Å². The second kappa shape index (κ2) is 2.73. The summed E-state index contributed by atoms with van der Waals surface area (Å²) in [6.45, 7) is 0. The number of carbonyl (C=O) groups is 1.